The van der Waals surface area contributed by atoms with Gasteiger partial charge in [0.1, 0.15) is 28.5 Å². The van der Waals surface area contributed by atoms with Crippen LogP contribution in [0.2, 0.25) is 0 Å². The van der Waals surface area contributed by atoms with Crippen LogP contribution in [-0.4, -0.2) is 16.3 Å². The van der Waals surface area contributed by atoms with E-state index in [4.69, 9.17) is 13.9 Å². The van der Waals surface area contributed by atoms with Gasteiger partial charge in [0.15, 0.2) is 5.75 Å². The number of hydrogen-bond donors (Lipinski definition) is 0. The summed E-state index contributed by atoms with van der Waals surface area (Å²) in [6.45, 7) is -0.111. The fraction of sp³-hybridized carbons (Fsp3) is 0. The molecule has 0 saturated heterocycles. The van der Waals surface area contributed by atoms with Crippen molar-refractivity contribution in [2.75, 3.05) is 0 Å². The van der Waals surface area contributed by atoms with Crippen LogP contribution in [0.25, 0.3) is 28.0 Å². The Morgan fingerprint density at radius 2 is 1.64 bits per heavy atom. The van der Waals surface area contributed by atoms with Gasteiger partial charge in [-0.05, 0) is 23.7 Å². The van der Waals surface area contributed by atoms with Gasteiger partial charge >= 0.3 is 6.71 Å². The molecule has 2 aromatic heterocycles. The Morgan fingerprint density at radius 3 is 2.53 bits per heavy atom. The van der Waals surface area contributed by atoms with Crippen molar-refractivity contribution in [3.8, 4) is 40.1 Å². The molecule has 0 amide bonds. The van der Waals surface area contributed by atoms with Crippen LogP contribution in [0.4, 0.5) is 0 Å². The molecule has 0 N–H and O–H groups in total. The fourth-order valence-electron chi connectivity index (χ4n) is 5.23. The van der Waals surface area contributed by atoms with E-state index in [0.717, 1.165) is 67.6 Å². The molecule has 36 heavy (non-hydrogen) atoms. The molecule has 0 bridgehead atoms. The van der Waals surface area contributed by atoms with Crippen LogP contribution in [-0.2, 0) is 20.1 Å². The number of rotatable bonds is 2. The summed E-state index contributed by atoms with van der Waals surface area (Å²) in [4.78, 5) is 4.60. The van der Waals surface area contributed by atoms with E-state index in [0.29, 0.717) is 0 Å². The molecule has 0 fully saturated rings. The predicted octanol–water partition coefficient (Wildman–Crippen LogP) is 4.81. The van der Waals surface area contributed by atoms with Crippen molar-refractivity contribution in [3.05, 3.63) is 103 Å². The normalized spacial score (nSPS) is 12.6. The first-order valence-corrected chi connectivity index (χ1v) is 11.5. The van der Waals surface area contributed by atoms with Crippen LogP contribution in [0.5, 0.6) is 23.0 Å². The van der Waals surface area contributed by atoms with E-state index < -0.39 is 0 Å². The standard InChI is InChI=1S/C29H16BN2O3.Ir/c1-2-8-18(9-3-1)29-31-14-15-32(29)19-16-24-26-25(17-19)34-27-20-10-4-6-12-22(20)35-28(27)30(26)21-11-5-7-13-23(21)33-24;/h1-8,10-17H;/q-1;. The molecule has 173 valence electrons. The average molecular weight is 643 g/mol. The second-order valence-electron chi connectivity index (χ2n) is 8.72. The molecule has 4 heterocycles. The zero-order chi connectivity index (χ0) is 22.9. The van der Waals surface area contributed by atoms with Crippen molar-refractivity contribution < 1.29 is 34.0 Å². The Bertz CT molecular complexity index is 1780. The minimum Gasteiger partial charge on any atom is -0.466 e. The van der Waals surface area contributed by atoms with Crippen molar-refractivity contribution in [2.24, 2.45) is 0 Å². The quantitative estimate of drug-likeness (QED) is 0.201. The molecule has 0 atom stereocenters. The Labute approximate surface area is 220 Å². The molecule has 8 rings (SSSR count). The van der Waals surface area contributed by atoms with Gasteiger partial charge in [-0.1, -0.05) is 30.3 Å². The Balaban J connectivity index is 0.00000220. The maximum absolute atomic E-state index is 6.56. The van der Waals surface area contributed by atoms with Gasteiger partial charge in [0.05, 0.1) is 11.2 Å². The van der Waals surface area contributed by atoms with Gasteiger partial charge in [-0.25, -0.2) is 0 Å². The van der Waals surface area contributed by atoms with E-state index in [2.05, 4.69) is 23.2 Å². The minimum absolute atomic E-state index is 0. The number of para-hydroxylation sites is 2. The van der Waals surface area contributed by atoms with Crippen LogP contribution in [0.1, 0.15) is 0 Å². The van der Waals surface area contributed by atoms with Crippen molar-refractivity contribution in [3.63, 3.8) is 0 Å². The number of benzene rings is 4. The zero-order valence-corrected chi connectivity index (χ0v) is 21.2. The number of aromatic nitrogens is 2. The molecule has 0 aliphatic carbocycles. The van der Waals surface area contributed by atoms with E-state index in [1.165, 1.54) is 0 Å². The second kappa shape index (κ2) is 7.99. The van der Waals surface area contributed by atoms with E-state index in [-0.39, 0.29) is 26.8 Å². The topological polar surface area (TPSA) is 49.4 Å². The monoisotopic (exact) mass is 644 g/mol. The second-order valence-corrected chi connectivity index (χ2v) is 8.72. The molecule has 7 heteroatoms. The third-order valence-corrected chi connectivity index (χ3v) is 6.75. The molecule has 0 saturated carbocycles. The third kappa shape index (κ3) is 2.97. The summed E-state index contributed by atoms with van der Waals surface area (Å²) >= 11 is 0. The summed E-state index contributed by atoms with van der Waals surface area (Å²) in [7, 11) is 0. The van der Waals surface area contributed by atoms with Gasteiger partial charge in [-0.15, -0.1) is 35.9 Å². The molecule has 4 aromatic carbocycles. The Kier molecular flexibility index (Phi) is 4.71. The molecule has 2 aliphatic rings. The number of ether oxygens (including phenoxy) is 2. The first-order chi connectivity index (χ1) is 17.3. The number of furan rings is 1. The van der Waals surface area contributed by atoms with E-state index in [9.17, 15) is 0 Å². The molecular weight excluding hydrogens is 627 g/mol. The zero-order valence-electron chi connectivity index (χ0n) is 18.8. The van der Waals surface area contributed by atoms with Gasteiger partial charge in [0.2, 0.25) is 0 Å². The van der Waals surface area contributed by atoms with Gasteiger partial charge in [-0.2, -0.15) is 0 Å². The van der Waals surface area contributed by atoms with Crippen molar-refractivity contribution in [1.82, 2.24) is 9.55 Å². The van der Waals surface area contributed by atoms with Crippen LogP contribution in [0.3, 0.4) is 0 Å². The van der Waals surface area contributed by atoms with Crippen molar-refractivity contribution >= 4 is 34.3 Å². The van der Waals surface area contributed by atoms with Gasteiger partial charge in [0.25, 0.3) is 0 Å². The first kappa shape index (κ1) is 21.2. The number of imidazole rings is 1. The molecule has 1 radical (unpaired) electrons. The van der Waals surface area contributed by atoms with Crippen LogP contribution in [0.15, 0.2) is 102 Å². The molecule has 5 nitrogen and oxygen atoms in total. The van der Waals surface area contributed by atoms with E-state index in [1.807, 2.05) is 83.6 Å². The minimum atomic E-state index is -0.111. The average Bonchev–Trinajstić information content (AvgIpc) is 3.54. The largest absolute Gasteiger partial charge is 0.466 e. The van der Waals surface area contributed by atoms with E-state index >= 15 is 0 Å². The molecule has 0 unspecified atom stereocenters. The maximum atomic E-state index is 6.56. The number of nitrogens with zero attached hydrogens (tertiary/aromatic N) is 2. The predicted molar refractivity (Wildman–Crippen MR) is 135 cm³/mol. The summed E-state index contributed by atoms with van der Waals surface area (Å²) in [5.41, 5.74) is 5.49. The SMILES string of the molecule is [Ir].[c-]1ccccc1-c1nccn1-c1cc2c3c(c1)Oc1c(oc4ccccc14)B3c1ccccc1O2. The number of fused-ring (bicyclic) bond motifs is 6. The molecule has 2 aliphatic heterocycles. The van der Waals surface area contributed by atoms with Crippen molar-refractivity contribution in [1.29, 1.82) is 0 Å². The first-order valence-electron chi connectivity index (χ1n) is 11.5. The summed E-state index contributed by atoms with van der Waals surface area (Å²) in [6, 6.07) is 31.3. The third-order valence-electron chi connectivity index (χ3n) is 6.75. The van der Waals surface area contributed by atoms with Crippen LogP contribution in [0, 0.1) is 6.07 Å². The van der Waals surface area contributed by atoms with Crippen molar-refractivity contribution in [2.45, 2.75) is 0 Å². The molecule has 0 spiro atoms. The van der Waals surface area contributed by atoms with Crippen LogP contribution < -0.4 is 26.1 Å². The molecular formula is C29H16BIrN2O3-. The Morgan fingerprint density at radius 1 is 0.833 bits per heavy atom. The molecule has 6 aromatic rings. The van der Waals surface area contributed by atoms with Crippen LogP contribution >= 0.6 is 0 Å². The maximum Gasteiger partial charge on any atom is 0.305 e. The summed E-state index contributed by atoms with van der Waals surface area (Å²) in [5, 5.41) is 0.964. The van der Waals surface area contributed by atoms with Gasteiger partial charge < -0.3 is 18.5 Å². The van der Waals surface area contributed by atoms with Gasteiger partial charge in [-0.3, -0.25) is 4.98 Å². The van der Waals surface area contributed by atoms with E-state index in [1.54, 1.807) is 6.20 Å². The Hall–Kier alpha value is -4.06. The number of hydrogen-bond acceptors (Lipinski definition) is 4. The summed E-state index contributed by atoms with van der Waals surface area (Å²) in [5.74, 6) is 3.90. The van der Waals surface area contributed by atoms with Gasteiger partial charge in [0, 0.05) is 55.8 Å². The fourth-order valence-corrected chi connectivity index (χ4v) is 5.23. The summed E-state index contributed by atoms with van der Waals surface area (Å²) in [6.07, 6.45) is 3.74. The smallest absolute Gasteiger partial charge is 0.305 e. The summed E-state index contributed by atoms with van der Waals surface area (Å²) < 4.78 is 21.4.